The van der Waals surface area contributed by atoms with E-state index in [2.05, 4.69) is 17.0 Å². The van der Waals surface area contributed by atoms with Crippen molar-refractivity contribution in [3.63, 3.8) is 0 Å². The molecule has 108 valence electrons. The molecule has 0 atom stereocenters. The molecular formula is C18H15N3S. The van der Waals surface area contributed by atoms with Crippen molar-refractivity contribution < 1.29 is 0 Å². The van der Waals surface area contributed by atoms with Crippen molar-refractivity contribution in [1.82, 2.24) is 0 Å². The highest BCUT2D eigenvalue weighted by Gasteiger charge is 2.23. The lowest BCUT2D eigenvalue weighted by atomic mass is 9.98. The third-order valence-corrected chi connectivity index (χ3v) is 4.34. The fraction of sp³-hybridized carbons (Fsp3) is 0.111. The van der Waals surface area contributed by atoms with E-state index in [4.69, 9.17) is 4.99 Å². The normalized spacial score (nSPS) is 15.7. The van der Waals surface area contributed by atoms with Crippen molar-refractivity contribution in [2.45, 2.75) is 0 Å². The minimum absolute atomic E-state index is 0.604. The molecule has 0 saturated carbocycles. The second-order valence-corrected chi connectivity index (χ2v) is 5.65. The van der Waals surface area contributed by atoms with Crippen molar-refractivity contribution in [1.29, 1.82) is 5.26 Å². The Balaban J connectivity index is 2.30. The lowest BCUT2D eigenvalue weighted by molar-refractivity contribution is 1.23. The molecule has 3 rings (SSSR count). The van der Waals surface area contributed by atoms with Crippen LogP contribution in [0, 0.1) is 11.3 Å². The SMILES string of the molecule is CSC1=N/C(=C(/C#N)c2ccccc2)c2ccccc2N1C. The van der Waals surface area contributed by atoms with E-state index in [0.29, 0.717) is 5.57 Å². The number of allylic oxidation sites excluding steroid dienone is 1. The first-order chi connectivity index (χ1) is 10.8. The van der Waals surface area contributed by atoms with Crippen LogP contribution in [0.3, 0.4) is 0 Å². The van der Waals surface area contributed by atoms with E-state index in [1.165, 1.54) is 0 Å². The van der Waals surface area contributed by atoms with E-state index < -0.39 is 0 Å². The van der Waals surface area contributed by atoms with Gasteiger partial charge in [-0.05, 0) is 17.9 Å². The number of rotatable bonds is 1. The van der Waals surface area contributed by atoms with Gasteiger partial charge in [-0.2, -0.15) is 5.26 Å². The minimum Gasteiger partial charge on any atom is -0.323 e. The van der Waals surface area contributed by atoms with Gasteiger partial charge in [0, 0.05) is 12.6 Å². The number of amidine groups is 1. The lowest BCUT2D eigenvalue weighted by Gasteiger charge is -2.28. The van der Waals surface area contributed by atoms with Gasteiger partial charge in [0.25, 0.3) is 0 Å². The molecule has 0 spiro atoms. The summed E-state index contributed by atoms with van der Waals surface area (Å²) in [5, 5.41) is 10.6. The molecule has 4 heteroatoms. The number of thioether (sulfide) groups is 1. The van der Waals surface area contributed by atoms with E-state index in [0.717, 1.165) is 27.7 Å². The second kappa shape index (κ2) is 6.08. The van der Waals surface area contributed by atoms with Gasteiger partial charge in [0.2, 0.25) is 0 Å². The summed E-state index contributed by atoms with van der Waals surface area (Å²) in [6.07, 6.45) is 2.00. The number of para-hydroxylation sites is 1. The van der Waals surface area contributed by atoms with E-state index in [1.54, 1.807) is 11.8 Å². The maximum Gasteiger partial charge on any atom is 0.168 e. The number of hydrogen-bond acceptors (Lipinski definition) is 4. The van der Waals surface area contributed by atoms with E-state index in [1.807, 2.05) is 61.8 Å². The van der Waals surface area contributed by atoms with Crippen molar-refractivity contribution in [2.24, 2.45) is 4.99 Å². The quantitative estimate of drug-likeness (QED) is 0.739. The molecule has 2 aromatic rings. The Kier molecular flexibility index (Phi) is 3.99. The van der Waals surface area contributed by atoms with Crippen LogP contribution in [0.5, 0.6) is 0 Å². The predicted molar refractivity (Wildman–Crippen MR) is 94.7 cm³/mol. The molecular weight excluding hydrogens is 290 g/mol. The first-order valence-corrected chi connectivity index (χ1v) is 8.14. The summed E-state index contributed by atoms with van der Waals surface area (Å²) >= 11 is 1.58. The standard InChI is InChI=1S/C18H15N3S/c1-21-16-11-7-6-10-14(16)17(20-18(21)22-2)15(12-19)13-8-4-3-5-9-13/h3-11H,1-2H3/b17-15-. The maximum absolute atomic E-state index is 9.68. The zero-order valence-electron chi connectivity index (χ0n) is 12.4. The van der Waals surface area contributed by atoms with Crippen LogP contribution < -0.4 is 4.90 Å². The molecule has 0 amide bonds. The summed E-state index contributed by atoms with van der Waals surface area (Å²) in [4.78, 5) is 6.79. The van der Waals surface area contributed by atoms with Crippen LogP contribution in [-0.4, -0.2) is 18.5 Å². The Bertz CT molecular complexity index is 801. The first-order valence-electron chi connectivity index (χ1n) is 6.92. The Morgan fingerprint density at radius 3 is 2.45 bits per heavy atom. The second-order valence-electron chi connectivity index (χ2n) is 4.88. The van der Waals surface area contributed by atoms with Crippen LogP contribution in [0.2, 0.25) is 0 Å². The molecule has 2 aromatic carbocycles. The summed E-state index contributed by atoms with van der Waals surface area (Å²) in [6.45, 7) is 0. The molecule has 22 heavy (non-hydrogen) atoms. The van der Waals surface area contributed by atoms with Crippen LogP contribution in [0.1, 0.15) is 11.1 Å². The summed E-state index contributed by atoms with van der Waals surface area (Å²) in [5.41, 5.74) is 4.30. The van der Waals surface area contributed by atoms with Gasteiger partial charge in [0.1, 0.15) is 6.07 Å². The number of aliphatic imine (C=N–C) groups is 1. The van der Waals surface area contributed by atoms with Crippen LogP contribution in [0.15, 0.2) is 59.6 Å². The van der Waals surface area contributed by atoms with Gasteiger partial charge in [-0.3, -0.25) is 0 Å². The molecule has 3 nitrogen and oxygen atoms in total. The number of fused-ring (bicyclic) bond motifs is 1. The zero-order chi connectivity index (χ0) is 15.5. The number of benzene rings is 2. The van der Waals surface area contributed by atoms with Crippen molar-refractivity contribution in [3.05, 3.63) is 65.7 Å². The monoisotopic (exact) mass is 305 g/mol. The fourth-order valence-electron chi connectivity index (χ4n) is 2.53. The van der Waals surface area contributed by atoms with Crippen LogP contribution in [-0.2, 0) is 0 Å². The molecule has 1 aliphatic rings. The topological polar surface area (TPSA) is 39.4 Å². The van der Waals surface area contributed by atoms with Gasteiger partial charge in [-0.15, -0.1) is 0 Å². The number of anilines is 1. The molecule has 0 N–H and O–H groups in total. The smallest absolute Gasteiger partial charge is 0.168 e. The Morgan fingerprint density at radius 2 is 1.77 bits per heavy atom. The number of hydrogen-bond donors (Lipinski definition) is 0. The summed E-state index contributed by atoms with van der Waals surface area (Å²) in [6, 6.07) is 20.1. The van der Waals surface area contributed by atoms with Gasteiger partial charge in [-0.25, -0.2) is 4.99 Å². The predicted octanol–water partition coefficient (Wildman–Crippen LogP) is 4.25. The highest BCUT2D eigenvalue weighted by atomic mass is 32.2. The number of nitrogens with zero attached hydrogens (tertiary/aromatic N) is 3. The zero-order valence-corrected chi connectivity index (χ0v) is 13.3. The summed E-state index contributed by atoms with van der Waals surface area (Å²) in [7, 11) is 2.00. The Labute approximate surface area is 134 Å². The minimum atomic E-state index is 0.604. The molecule has 0 unspecified atom stereocenters. The van der Waals surface area contributed by atoms with Crippen molar-refractivity contribution >= 4 is 33.9 Å². The summed E-state index contributed by atoms with van der Waals surface area (Å²) < 4.78 is 0. The van der Waals surface area contributed by atoms with E-state index in [-0.39, 0.29) is 0 Å². The third kappa shape index (κ3) is 2.40. The summed E-state index contributed by atoms with van der Waals surface area (Å²) in [5.74, 6) is 0. The number of nitriles is 1. The lowest BCUT2D eigenvalue weighted by Crippen LogP contribution is -2.27. The molecule has 0 saturated heterocycles. The molecule has 1 aliphatic heterocycles. The van der Waals surface area contributed by atoms with Crippen LogP contribution >= 0.6 is 11.8 Å². The van der Waals surface area contributed by atoms with Crippen molar-refractivity contribution in [3.8, 4) is 6.07 Å². The van der Waals surface area contributed by atoms with Crippen LogP contribution in [0.4, 0.5) is 5.69 Å². The molecule has 0 bridgehead atoms. The van der Waals surface area contributed by atoms with Gasteiger partial charge in [0.15, 0.2) is 5.17 Å². The Morgan fingerprint density at radius 1 is 1.09 bits per heavy atom. The fourth-order valence-corrected chi connectivity index (χ4v) is 3.09. The van der Waals surface area contributed by atoms with Gasteiger partial charge in [0.05, 0.1) is 17.0 Å². The van der Waals surface area contributed by atoms with Gasteiger partial charge in [-0.1, -0.05) is 60.3 Å². The van der Waals surface area contributed by atoms with Gasteiger partial charge < -0.3 is 4.90 Å². The average Bonchev–Trinajstić information content (AvgIpc) is 2.58. The van der Waals surface area contributed by atoms with Crippen molar-refractivity contribution in [2.75, 3.05) is 18.2 Å². The molecule has 0 fully saturated rings. The molecule has 1 heterocycles. The highest BCUT2D eigenvalue weighted by Crippen LogP contribution is 2.38. The molecule has 0 aromatic heterocycles. The third-order valence-electron chi connectivity index (χ3n) is 3.61. The average molecular weight is 305 g/mol. The van der Waals surface area contributed by atoms with E-state index in [9.17, 15) is 5.26 Å². The first kappa shape index (κ1) is 14.4. The highest BCUT2D eigenvalue weighted by molar-refractivity contribution is 8.13. The molecule has 0 radical (unpaired) electrons. The van der Waals surface area contributed by atoms with Gasteiger partial charge >= 0.3 is 0 Å². The Hall–Kier alpha value is -2.51. The largest absolute Gasteiger partial charge is 0.323 e. The maximum atomic E-state index is 9.68. The molecule has 0 aliphatic carbocycles. The van der Waals surface area contributed by atoms with Crippen LogP contribution in [0.25, 0.3) is 11.3 Å². The van der Waals surface area contributed by atoms with E-state index >= 15 is 0 Å².